The molecule has 0 saturated carbocycles. The summed E-state index contributed by atoms with van der Waals surface area (Å²) in [6, 6.07) is 3.70. The zero-order valence-electron chi connectivity index (χ0n) is 10.2. The first kappa shape index (κ1) is 13.3. The van der Waals surface area contributed by atoms with Gasteiger partial charge in [-0.3, -0.25) is 0 Å². The second-order valence-electron chi connectivity index (χ2n) is 4.45. The van der Waals surface area contributed by atoms with Gasteiger partial charge in [-0.2, -0.15) is 0 Å². The minimum absolute atomic E-state index is 0.308. The summed E-state index contributed by atoms with van der Waals surface area (Å²) >= 11 is 0. The van der Waals surface area contributed by atoms with Crippen LogP contribution in [0.4, 0.5) is 9.18 Å². The Labute approximate surface area is 100.0 Å². The van der Waals surface area contributed by atoms with E-state index in [0.717, 1.165) is 0 Å². The third-order valence-corrected chi connectivity index (χ3v) is 2.60. The van der Waals surface area contributed by atoms with Crippen molar-refractivity contribution in [2.24, 2.45) is 5.73 Å². The Balaban J connectivity index is 3.03. The number of methoxy groups -OCH3 is 1. The van der Waals surface area contributed by atoms with Crippen molar-refractivity contribution in [3.8, 4) is 5.75 Å². The van der Waals surface area contributed by atoms with Crippen LogP contribution in [-0.4, -0.2) is 19.7 Å². The monoisotopic (exact) mass is 240 g/mol. The van der Waals surface area contributed by atoms with Gasteiger partial charge in [0.25, 0.3) is 0 Å². The third kappa shape index (κ3) is 3.34. The minimum atomic E-state index is -0.603. The normalized spacial score (nSPS) is 11.1. The van der Waals surface area contributed by atoms with E-state index in [1.165, 1.54) is 19.2 Å². The fourth-order valence-electron chi connectivity index (χ4n) is 1.61. The first-order valence-corrected chi connectivity index (χ1v) is 5.24. The Morgan fingerprint density at radius 2 is 2.18 bits per heavy atom. The number of ether oxygens (including phenoxy) is 1. The van der Waals surface area contributed by atoms with Crippen molar-refractivity contribution in [3.05, 3.63) is 29.6 Å². The zero-order valence-corrected chi connectivity index (χ0v) is 10.2. The summed E-state index contributed by atoms with van der Waals surface area (Å²) in [4.78, 5) is 10.7. The number of benzene rings is 1. The summed E-state index contributed by atoms with van der Waals surface area (Å²) in [7, 11) is 1.52. The molecule has 0 radical (unpaired) electrons. The van der Waals surface area contributed by atoms with Crippen LogP contribution in [0.25, 0.3) is 0 Å². The van der Waals surface area contributed by atoms with Gasteiger partial charge in [0.15, 0.2) is 0 Å². The van der Waals surface area contributed by atoms with Crippen molar-refractivity contribution in [1.29, 1.82) is 0 Å². The lowest BCUT2D eigenvalue weighted by Crippen LogP contribution is -2.39. The molecule has 1 rings (SSSR count). The summed E-state index contributed by atoms with van der Waals surface area (Å²) in [5, 5.41) is 2.52. The number of carbonyl (C=O) groups excluding carboxylic acids is 1. The molecule has 5 heteroatoms. The number of halogens is 1. The topological polar surface area (TPSA) is 64.3 Å². The van der Waals surface area contributed by atoms with Gasteiger partial charge in [-0.15, -0.1) is 0 Å². The van der Waals surface area contributed by atoms with Gasteiger partial charge in [0.2, 0.25) is 0 Å². The van der Waals surface area contributed by atoms with E-state index in [4.69, 9.17) is 10.5 Å². The highest BCUT2D eigenvalue weighted by atomic mass is 19.1. The van der Waals surface area contributed by atoms with Gasteiger partial charge in [0, 0.05) is 17.5 Å². The molecule has 0 atom stereocenters. The van der Waals surface area contributed by atoms with Crippen molar-refractivity contribution < 1.29 is 13.9 Å². The fourth-order valence-corrected chi connectivity index (χ4v) is 1.61. The van der Waals surface area contributed by atoms with E-state index >= 15 is 0 Å². The molecule has 0 aliphatic heterocycles. The molecule has 94 valence electrons. The lowest BCUT2D eigenvalue weighted by molar-refractivity contribution is 0.246. The van der Waals surface area contributed by atoms with E-state index < -0.39 is 11.4 Å². The molecular weight excluding hydrogens is 223 g/mol. The van der Waals surface area contributed by atoms with Gasteiger partial charge >= 0.3 is 6.03 Å². The number of carbonyl (C=O) groups is 1. The standard InChI is InChI=1S/C12H17FN2O2/c1-12(2,7-15-11(14)16)9-6-8(13)4-5-10(9)17-3/h4-6H,7H2,1-3H3,(H3,14,15,16). The molecule has 2 amide bonds. The SMILES string of the molecule is COc1ccc(F)cc1C(C)(C)CNC(N)=O. The first-order valence-electron chi connectivity index (χ1n) is 5.24. The van der Waals surface area contributed by atoms with E-state index in [1.54, 1.807) is 6.07 Å². The van der Waals surface area contributed by atoms with Crippen molar-refractivity contribution in [2.75, 3.05) is 13.7 Å². The van der Waals surface area contributed by atoms with Crippen LogP contribution in [0.1, 0.15) is 19.4 Å². The minimum Gasteiger partial charge on any atom is -0.496 e. The highest BCUT2D eigenvalue weighted by molar-refractivity contribution is 5.71. The molecule has 0 aliphatic rings. The number of amides is 2. The van der Waals surface area contributed by atoms with E-state index in [9.17, 15) is 9.18 Å². The molecule has 0 bridgehead atoms. The predicted molar refractivity (Wildman–Crippen MR) is 63.6 cm³/mol. The highest BCUT2D eigenvalue weighted by Gasteiger charge is 2.25. The second kappa shape index (κ2) is 5.03. The third-order valence-electron chi connectivity index (χ3n) is 2.60. The number of urea groups is 1. The molecule has 0 saturated heterocycles. The van der Waals surface area contributed by atoms with Gasteiger partial charge in [-0.1, -0.05) is 13.8 Å². The molecule has 0 aromatic heterocycles. The molecule has 0 spiro atoms. The Kier molecular flexibility index (Phi) is 3.93. The Morgan fingerprint density at radius 1 is 1.53 bits per heavy atom. The van der Waals surface area contributed by atoms with Crippen molar-refractivity contribution in [1.82, 2.24) is 5.32 Å². The number of rotatable bonds is 4. The van der Waals surface area contributed by atoms with Crippen LogP contribution in [0.3, 0.4) is 0 Å². The second-order valence-corrected chi connectivity index (χ2v) is 4.45. The van der Waals surface area contributed by atoms with E-state index in [2.05, 4.69) is 5.32 Å². The number of nitrogens with one attached hydrogen (secondary N) is 1. The maximum Gasteiger partial charge on any atom is 0.312 e. The highest BCUT2D eigenvalue weighted by Crippen LogP contribution is 2.31. The Bertz CT molecular complexity index is 419. The summed E-state index contributed by atoms with van der Waals surface area (Å²) in [5.74, 6) is 0.246. The Hall–Kier alpha value is -1.78. The molecular formula is C12H17FN2O2. The summed E-state index contributed by atoms with van der Waals surface area (Å²) in [5.41, 5.74) is 5.24. The largest absolute Gasteiger partial charge is 0.496 e. The number of nitrogens with two attached hydrogens (primary N) is 1. The quantitative estimate of drug-likeness (QED) is 0.842. The van der Waals surface area contributed by atoms with Crippen LogP contribution in [0.15, 0.2) is 18.2 Å². The summed E-state index contributed by atoms with van der Waals surface area (Å²) < 4.78 is 18.4. The van der Waals surface area contributed by atoms with Crippen molar-refractivity contribution >= 4 is 6.03 Å². The van der Waals surface area contributed by atoms with E-state index in [-0.39, 0.29) is 5.82 Å². The fraction of sp³-hybridized carbons (Fsp3) is 0.417. The number of primary amides is 1. The molecule has 4 nitrogen and oxygen atoms in total. The summed E-state index contributed by atoms with van der Waals surface area (Å²) in [6.45, 7) is 4.06. The molecule has 0 unspecified atom stereocenters. The Morgan fingerprint density at radius 3 is 2.71 bits per heavy atom. The predicted octanol–water partition coefficient (Wildman–Crippen LogP) is 1.78. The lowest BCUT2D eigenvalue weighted by Gasteiger charge is -2.27. The molecule has 0 aliphatic carbocycles. The number of hydrogen-bond donors (Lipinski definition) is 2. The van der Waals surface area contributed by atoms with E-state index in [0.29, 0.717) is 17.9 Å². The maximum absolute atomic E-state index is 13.2. The zero-order chi connectivity index (χ0) is 13.1. The van der Waals surface area contributed by atoms with Crippen LogP contribution < -0.4 is 15.8 Å². The van der Waals surface area contributed by atoms with Crippen LogP contribution >= 0.6 is 0 Å². The number of hydrogen-bond acceptors (Lipinski definition) is 2. The molecule has 1 aromatic rings. The molecule has 3 N–H and O–H groups in total. The first-order chi connectivity index (χ1) is 7.86. The van der Waals surface area contributed by atoms with Crippen LogP contribution in [0, 0.1) is 5.82 Å². The average Bonchev–Trinajstić information content (AvgIpc) is 2.26. The van der Waals surface area contributed by atoms with Gasteiger partial charge in [-0.25, -0.2) is 9.18 Å². The average molecular weight is 240 g/mol. The summed E-state index contributed by atoms with van der Waals surface area (Å²) in [6.07, 6.45) is 0. The maximum atomic E-state index is 13.2. The van der Waals surface area contributed by atoms with Crippen LogP contribution in [-0.2, 0) is 5.41 Å². The molecule has 0 heterocycles. The molecule has 1 aromatic carbocycles. The van der Waals surface area contributed by atoms with Gasteiger partial charge in [-0.05, 0) is 18.2 Å². The smallest absolute Gasteiger partial charge is 0.312 e. The van der Waals surface area contributed by atoms with E-state index in [1.807, 2.05) is 13.8 Å². The van der Waals surface area contributed by atoms with Gasteiger partial charge < -0.3 is 15.8 Å². The van der Waals surface area contributed by atoms with Gasteiger partial charge in [0.05, 0.1) is 7.11 Å². The van der Waals surface area contributed by atoms with Gasteiger partial charge in [0.1, 0.15) is 11.6 Å². The lowest BCUT2D eigenvalue weighted by atomic mass is 9.84. The van der Waals surface area contributed by atoms with Crippen molar-refractivity contribution in [2.45, 2.75) is 19.3 Å². The molecule has 17 heavy (non-hydrogen) atoms. The van der Waals surface area contributed by atoms with Crippen LogP contribution in [0.2, 0.25) is 0 Å². The van der Waals surface area contributed by atoms with Crippen molar-refractivity contribution in [3.63, 3.8) is 0 Å². The van der Waals surface area contributed by atoms with Crippen LogP contribution in [0.5, 0.6) is 5.75 Å². The molecule has 0 fully saturated rings.